The zero-order chi connectivity index (χ0) is 11.4. The SMILES string of the molecule is Fc1ccc(Cl)c(OCc2c[c-]ccc2)c1.[Br-].[Mg+2]. The Bertz CT molecular complexity index is 482. The predicted octanol–water partition coefficient (Wildman–Crippen LogP) is 0.481. The van der Waals surface area contributed by atoms with Gasteiger partial charge in [0.25, 0.3) is 0 Å². The van der Waals surface area contributed by atoms with Gasteiger partial charge < -0.3 is 21.7 Å². The molecular weight excluding hydrogens is 331 g/mol. The van der Waals surface area contributed by atoms with Crippen LogP contribution in [0.4, 0.5) is 4.39 Å². The molecule has 0 heterocycles. The van der Waals surface area contributed by atoms with Gasteiger partial charge in [-0.2, -0.15) is 30.3 Å². The van der Waals surface area contributed by atoms with Gasteiger partial charge in [0.15, 0.2) is 0 Å². The van der Waals surface area contributed by atoms with Crippen molar-refractivity contribution in [2.24, 2.45) is 0 Å². The molecule has 0 aliphatic rings. The molecule has 0 aliphatic heterocycles. The molecule has 0 N–H and O–H groups in total. The largest absolute Gasteiger partial charge is 2.00 e. The van der Waals surface area contributed by atoms with E-state index in [0.717, 1.165) is 5.56 Å². The first-order chi connectivity index (χ1) is 7.75. The Hall–Kier alpha value is -0.294. The molecule has 90 valence electrons. The predicted molar refractivity (Wildman–Crippen MR) is 66.8 cm³/mol. The van der Waals surface area contributed by atoms with E-state index in [9.17, 15) is 4.39 Å². The molecule has 2 aromatic carbocycles. The molecule has 0 amide bonds. The maximum atomic E-state index is 12.9. The van der Waals surface area contributed by atoms with E-state index in [4.69, 9.17) is 16.3 Å². The van der Waals surface area contributed by atoms with Gasteiger partial charge in [-0.05, 0) is 12.1 Å². The van der Waals surface area contributed by atoms with E-state index in [2.05, 4.69) is 6.07 Å². The fraction of sp³-hybridized carbons (Fsp3) is 0.0769. The van der Waals surface area contributed by atoms with Crippen molar-refractivity contribution in [3.8, 4) is 5.75 Å². The average molecular weight is 340 g/mol. The monoisotopic (exact) mass is 338 g/mol. The molecule has 5 heteroatoms. The van der Waals surface area contributed by atoms with Crippen LogP contribution in [0.2, 0.25) is 5.02 Å². The minimum atomic E-state index is -0.362. The van der Waals surface area contributed by atoms with Crippen LogP contribution in [0.5, 0.6) is 5.75 Å². The third-order valence-corrected chi connectivity index (χ3v) is 2.37. The normalized spacial score (nSPS) is 9.00. The summed E-state index contributed by atoms with van der Waals surface area (Å²) in [5.74, 6) is -0.00968. The van der Waals surface area contributed by atoms with E-state index in [1.807, 2.05) is 18.2 Å². The minimum absolute atomic E-state index is 0. The molecule has 2 aromatic rings. The van der Waals surface area contributed by atoms with E-state index in [1.54, 1.807) is 6.07 Å². The molecule has 1 nitrogen and oxygen atoms in total. The van der Waals surface area contributed by atoms with Crippen molar-refractivity contribution in [3.63, 3.8) is 0 Å². The number of halogens is 3. The van der Waals surface area contributed by atoms with Gasteiger partial charge in [-0.1, -0.05) is 11.6 Å². The van der Waals surface area contributed by atoms with Crippen LogP contribution >= 0.6 is 11.6 Å². The van der Waals surface area contributed by atoms with Crippen LogP contribution in [0.1, 0.15) is 5.56 Å². The standard InChI is InChI=1S/C13H9ClFO.BrH.Mg/c14-12-7-6-11(15)8-13(12)16-9-10-4-2-1-3-5-10;;/h1-2,4-8H,9H2;1H;/q-1;;+2/p-1. The summed E-state index contributed by atoms with van der Waals surface area (Å²) in [6.07, 6.45) is 0. The van der Waals surface area contributed by atoms with Gasteiger partial charge in [0.1, 0.15) is 11.6 Å². The molecule has 0 saturated carbocycles. The van der Waals surface area contributed by atoms with Crippen LogP contribution in [0.15, 0.2) is 42.5 Å². The molecule has 0 spiro atoms. The van der Waals surface area contributed by atoms with Crippen molar-refractivity contribution in [1.82, 2.24) is 0 Å². The Morgan fingerprint density at radius 1 is 1.28 bits per heavy atom. The number of rotatable bonds is 3. The molecular formula is C13H9BrClFMgO. The first-order valence-corrected chi connectivity index (χ1v) is 5.16. The Kier molecular flexibility index (Phi) is 8.60. The van der Waals surface area contributed by atoms with Gasteiger partial charge in [-0.3, -0.25) is 0 Å². The van der Waals surface area contributed by atoms with Gasteiger partial charge >= 0.3 is 23.1 Å². The van der Waals surface area contributed by atoms with Crippen molar-refractivity contribution < 1.29 is 26.1 Å². The smallest absolute Gasteiger partial charge is 1.00 e. The first-order valence-electron chi connectivity index (χ1n) is 4.78. The number of benzene rings is 2. The summed E-state index contributed by atoms with van der Waals surface area (Å²) in [5, 5.41) is 0.404. The van der Waals surface area contributed by atoms with Gasteiger partial charge in [-0.15, -0.1) is 5.56 Å². The topological polar surface area (TPSA) is 9.23 Å². The van der Waals surface area contributed by atoms with Crippen LogP contribution in [0.3, 0.4) is 0 Å². The molecule has 0 atom stereocenters. The fourth-order valence-electron chi connectivity index (χ4n) is 1.27. The molecule has 0 saturated heterocycles. The van der Waals surface area contributed by atoms with Gasteiger partial charge in [-0.25, -0.2) is 4.39 Å². The zero-order valence-electron chi connectivity index (χ0n) is 9.50. The maximum absolute atomic E-state index is 12.9. The number of hydrogen-bond donors (Lipinski definition) is 0. The summed E-state index contributed by atoms with van der Waals surface area (Å²) in [7, 11) is 0. The van der Waals surface area contributed by atoms with Crippen LogP contribution < -0.4 is 21.7 Å². The maximum Gasteiger partial charge on any atom is 2.00 e. The minimum Gasteiger partial charge on any atom is -1.00 e. The van der Waals surface area contributed by atoms with Gasteiger partial charge in [0.05, 0.1) is 11.6 Å². The van der Waals surface area contributed by atoms with Crippen LogP contribution in [-0.4, -0.2) is 23.1 Å². The Labute approximate surface area is 137 Å². The fourth-order valence-corrected chi connectivity index (χ4v) is 1.44. The second-order valence-electron chi connectivity index (χ2n) is 3.28. The van der Waals surface area contributed by atoms with E-state index in [-0.39, 0.29) is 45.9 Å². The molecule has 0 radical (unpaired) electrons. The summed E-state index contributed by atoms with van der Waals surface area (Å²) in [6, 6.07) is 14.4. The number of hydrogen-bond acceptors (Lipinski definition) is 1. The zero-order valence-corrected chi connectivity index (χ0v) is 13.3. The summed E-state index contributed by atoms with van der Waals surface area (Å²) >= 11 is 5.86. The first kappa shape index (κ1) is 17.7. The summed E-state index contributed by atoms with van der Waals surface area (Å²) in [5.41, 5.74) is 0.961. The quantitative estimate of drug-likeness (QED) is 0.584. The van der Waals surface area contributed by atoms with Crippen molar-refractivity contribution in [1.29, 1.82) is 0 Å². The summed E-state index contributed by atoms with van der Waals surface area (Å²) in [4.78, 5) is 0. The van der Waals surface area contributed by atoms with E-state index in [0.29, 0.717) is 17.4 Å². The van der Waals surface area contributed by atoms with Crippen molar-refractivity contribution in [2.75, 3.05) is 0 Å². The van der Waals surface area contributed by atoms with E-state index in [1.165, 1.54) is 18.2 Å². The third-order valence-electron chi connectivity index (χ3n) is 2.06. The molecule has 0 fully saturated rings. The van der Waals surface area contributed by atoms with E-state index < -0.39 is 0 Å². The second-order valence-corrected chi connectivity index (χ2v) is 3.68. The average Bonchev–Trinajstić information content (AvgIpc) is 2.32. The van der Waals surface area contributed by atoms with Gasteiger partial charge in [0, 0.05) is 6.07 Å². The second kappa shape index (κ2) is 8.75. The molecule has 0 aromatic heterocycles. The third kappa shape index (κ3) is 5.14. The summed E-state index contributed by atoms with van der Waals surface area (Å²) < 4.78 is 18.3. The molecule has 18 heavy (non-hydrogen) atoms. The number of ether oxygens (including phenoxy) is 1. The Morgan fingerprint density at radius 3 is 2.72 bits per heavy atom. The Morgan fingerprint density at radius 2 is 2.06 bits per heavy atom. The molecule has 0 aliphatic carbocycles. The Balaban J connectivity index is 0.00000144. The van der Waals surface area contributed by atoms with E-state index >= 15 is 0 Å². The molecule has 2 rings (SSSR count). The van der Waals surface area contributed by atoms with Crippen molar-refractivity contribution in [2.45, 2.75) is 6.61 Å². The van der Waals surface area contributed by atoms with Crippen LogP contribution in [-0.2, 0) is 6.61 Å². The van der Waals surface area contributed by atoms with Crippen LogP contribution in [0.25, 0.3) is 0 Å². The summed E-state index contributed by atoms with van der Waals surface area (Å²) in [6.45, 7) is 0.348. The van der Waals surface area contributed by atoms with Crippen molar-refractivity contribution in [3.05, 3.63) is 64.9 Å². The molecule has 0 bridgehead atoms. The van der Waals surface area contributed by atoms with Crippen LogP contribution in [0, 0.1) is 11.9 Å². The van der Waals surface area contributed by atoms with Gasteiger partial charge in [0.2, 0.25) is 0 Å². The van der Waals surface area contributed by atoms with Crippen molar-refractivity contribution >= 4 is 34.7 Å². The molecule has 0 unspecified atom stereocenters.